The summed E-state index contributed by atoms with van der Waals surface area (Å²) in [5, 5.41) is 20.4. The predicted octanol–water partition coefficient (Wildman–Crippen LogP) is 4.05. The van der Waals surface area contributed by atoms with E-state index in [9.17, 15) is 15.0 Å². The van der Waals surface area contributed by atoms with Crippen LogP contribution < -0.4 is 11.2 Å². The average molecular weight is 395 g/mol. The SMILES string of the molecule is NCc1cc(-c2cccnc2)c2oc(-c3ccc(O)c(Cl)c3)c(O)c(=O)c2c1. The number of rotatable bonds is 3. The molecule has 0 atom stereocenters. The van der Waals surface area contributed by atoms with Crippen molar-refractivity contribution in [2.75, 3.05) is 0 Å². The highest BCUT2D eigenvalue weighted by Gasteiger charge is 2.19. The molecule has 0 spiro atoms. The zero-order valence-corrected chi connectivity index (χ0v) is 15.3. The van der Waals surface area contributed by atoms with Gasteiger partial charge in [-0.15, -0.1) is 0 Å². The van der Waals surface area contributed by atoms with E-state index < -0.39 is 11.2 Å². The van der Waals surface area contributed by atoms with Gasteiger partial charge in [-0.2, -0.15) is 0 Å². The van der Waals surface area contributed by atoms with Gasteiger partial charge in [-0.25, -0.2) is 0 Å². The molecule has 4 N–H and O–H groups in total. The fraction of sp³-hybridized carbons (Fsp3) is 0.0476. The van der Waals surface area contributed by atoms with Gasteiger partial charge in [-0.1, -0.05) is 17.7 Å². The first-order valence-corrected chi connectivity index (χ1v) is 8.79. The molecule has 0 amide bonds. The summed E-state index contributed by atoms with van der Waals surface area (Å²) >= 11 is 5.97. The normalized spacial score (nSPS) is 11.1. The van der Waals surface area contributed by atoms with E-state index in [4.69, 9.17) is 21.8 Å². The Labute approximate surface area is 164 Å². The molecule has 0 saturated carbocycles. The van der Waals surface area contributed by atoms with E-state index in [0.29, 0.717) is 16.7 Å². The molecule has 6 nitrogen and oxygen atoms in total. The van der Waals surface area contributed by atoms with Crippen molar-refractivity contribution in [3.05, 3.63) is 75.7 Å². The van der Waals surface area contributed by atoms with E-state index in [-0.39, 0.29) is 28.5 Å². The molecule has 0 unspecified atom stereocenters. The van der Waals surface area contributed by atoms with Gasteiger partial charge >= 0.3 is 0 Å². The van der Waals surface area contributed by atoms with Crippen molar-refractivity contribution in [1.82, 2.24) is 4.98 Å². The summed E-state index contributed by atoms with van der Waals surface area (Å²) < 4.78 is 5.98. The van der Waals surface area contributed by atoms with Crippen molar-refractivity contribution in [2.24, 2.45) is 5.73 Å². The van der Waals surface area contributed by atoms with Crippen molar-refractivity contribution in [3.8, 4) is 33.9 Å². The molecule has 0 aliphatic heterocycles. The van der Waals surface area contributed by atoms with Crippen molar-refractivity contribution >= 4 is 22.6 Å². The van der Waals surface area contributed by atoms with Crippen molar-refractivity contribution in [2.45, 2.75) is 6.54 Å². The van der Waals surface area contributed by atoms with Crippen LogP contribution in [0.2, 0.25) is 5.02 Å². The maximum atomic E-state index is 12.9. The highest BCUT2D eigenvalue weighted by molar-refractivity contribution is 6.32. The Morgan fingerprint density at radius 3 is 2.61 bits per heavy atom. The Kier molecular flexibility index (Phi) is 4.50. The second-order valence-electron chi connectivity index (χ2n) is 6.24. The van der Waals surface area contributed by atoms with E-state index >= 15 is 0 Å². The third kappa shape index (κ3) is 2.98. The number of benzene rings is 2. The molecule has 28 heavy (non-hydrogen) atoms. The number of nitrogens with zero attached hydrogens (tertiary/aromatic N) is 1. The fourth-order valence-electron chi connectivity index (χ4n) is 3.05. The van der Waals surface area contributed by atoms with Crippen LogP contribution in [-0.2, 0) is 6.54 Å². The average Bonchev–Trinajstić information content (AvgIpc) is 2.72. The molecule has 7 heteroatoms. The summed E-state index contributed by atoms with van der Waals surface area (Å²) in [4.78, 5) is 17.0. The van der Waals surface area contributed by atoms with Crippen LogP contribution in [-0.4, -0.2) is 15.2 Å². The maximum Gasteiger partial charge on any atom is 0.235 e. The topological polar surface area (TPSA) is 110 Å². The Hall–Kier alpha value is -3.35. The summed E-state index contributed by atoms with van der Waals surface area (Å²) in [6.45, 7) is 0.221. The number of aromatic nitrogens is 1. The summed E-state index contributed by atoms with van der Waals surface area (Å²) in [6.07, 6.45) is 3.30. The molecule has 0 saturated heterocycles. The van der Waals surface area contributed by atoms with E-state index in [0.717, 1.165) is 11.1 Å². The number of hydrogen-bond acceptors (Lipinski definition) is 6. The highest BCUT2D eigenvalue weighted by Crippen LogP contribution is 2.37. The van der Waals surface area contributed by atoms with Crippen molar-refractivity contribution in [3.63, 3.8) is 0 Å². The lowest BCUT2D eigenvalue weighted by Gasteiger charge is -2.12. The van der Waals surface area contributed by atoms with Crippen LogP contribution in [0.15, 0.2) is 64.1 Å². The fourth-order valence-corrected chi connectivity index (χ4v) is 3.23. The Morgan fingerprint density at radius 2 is 1.93 bits per heavy atom. The third-order valence-corrected chi connectivity index (χ3v) is 4.75. The van der Waals surface area contributed by atoms with Crippen molar-refractivity contribution < 1.29 is 14.6 Å². The minimum absolute atomic E-state index is 0.0370. The largest absolute Gasteiger partial charge is 0.506 e. The maximum absolute atomic E-state index is 12.9. The second kappa shape index (κ2) is 6.99. The smallest absolute Gasteiger partial charge is 0.235 e. The van der Waals surface area contributed by atoms with Crippen LogP contribution in [0.5, 0.6) is 11.5 Å². The van der Waals surface area contributed by atoms with E-state index in [1.54, 1.807) is 24.5 Å². The monoisotopic (exact) mass is 394 g/mol. The lowest BCUT2D eigenvalue weighted by molar-refractivity contribution is 0.449. The molecular weight excluding hydrogens is 380 g/mol. The first-order valence-electron chi connectivity index (χ1n) is 8.41. The van der Waals surface area contributed by atoms with Gasteiger partial charge in [0.25, 0.3) is 0 Å². The van der Waals surface area contributed by atoms with Crippen LogP contribution in [0.4, 0.5) is 0 Å². The van der Waals surface area contributed by atoms with Crippen LogP contribution in [0, 0.1) is 0 Å². The summed E-state index contributed by atoms with van der Waals surface area (Å²) in [6, 6.07) is 11.3. The zero-order chi connectivity index (χ0) is 19.8. The number of halogens is 1. The molecule has 2 aromatic carbocycles. The highest BCUT2D eigenvalue weighted by atomic mass is 35.5. The zero-order valence-electron chi connectivity index (χ0n) is 14.5. The molecule has 0 radical (unpaired) electrons. The number of pyridine rings is 1. The molecule has 2 aromatic heterocycles. The number of fused-ring (bicyclic) bond motifs is 1. The number of nitrogens with two attached hydrogens (primary N) is 1. The molecule has 4 rings (SSSR count). The lowest BCUT2D eigenvalue weighted by atomic mass is 9.99. The van der Waals surface area contributed by atoms with Gasteiger partial charge < -0.3 is 20.4 Å². The van der Waals surface area contributed by atoms with Gasteiger partial charge in [0.1, 0.15) is 11.3 Å². The lowest BCUT2D eigenvalue weighted by Crippen LogP contribution is -2.06. The summed E-state index contributed by atoms with van der Waals surface area (Å²) in [5.41, 5.74) is 7.95. The van der Waals surface area contributed by atoms with Gasteiger partial charge in [0.15, 0.2) is 5.76 Å². The number of aromatic hydroxyl groups is 2. The molecule has 4 aromatic rings. The van der Waals surface area contributed by atoms with Crippen molar-refractivity contribution in [1.29, 1.82) is 0 Å². The van der Waals surface area contributed by atoms with Crippen LogP contribution in [0.25, 0.3) is 33.4 Å². The van der Waals surface area contributed by atoms with Gasteiger partial charge in [-0.05, 0) is 42.0 Å². The first kappa shape index (κ1) is 18.0. The Morgan fingerprint density at radius 1 is 1.11 bits per heavy atom. The van der Waals surface area contributed by atoms with E-state index in [1.165, 1.54) is 18.2 Å². The molecule has 0 fully saturated rings. The Bertz CT molecular complexity index is 1250. The summed E-state index contributed by atoms with van der Waals surface area (Å²) in [7, 11) is 0. The van der Waals surface area contributed by atoms with Gasteiger partial charge in [0, 0.05) is 35.6 Å². The third-order valence-electron chi connectivity index (χ3n) is 4.45. The molecule has 2 heterocycles. The van der Waals surface area contributed by atoms with Gasteiger partial charge in [0.05, 0.1) is 10.4 Å². The molecule has 140 valence electrons. The van der Waals surface area contributed by atoms with Crippen LogP contribution in [0.3, 0.4) is 0 Å². The van der Waals surface area contributed by atoms with Gasteiger partial charge in [-0.3, -0.25) is 9.78 Å². The van der Waals surface area contributed by atoms with Gasteiger partial charge in [0.2, 0.25) is 11.2 Å². The predicted molar refractivity (Wildman–Crippen MR) is 107 cm³/mol. The molecule has 0 aliphatic carbocycles. The first-order chi connectivity index (χ1) is 13.5. The minimum atomic E-state index is -0.583. The number of phenols is 1. The van der Waals surface area contributed by atoms with Crippen LogP contribution >= 0.6 is 11.6 Å². The molecule has 0 bridgehead atoms. The van der Waals surface area contributed by atoms with E-state index in [2.05, 4.69) is 4.98 Å². The van der Waals surface area contributed by atoms with Crippen LogP contribution in [0.1, 0.15) is 5.56 Å². The number of hydrogen-bond donors (Lipinski definition) is 3. The van der Waals surface area contributed by atoms with E-state index in [1.807, 2.05) is 12.1 Å². The summed E-state index contributed by atoms with van der Waals surface area (Å²) in [5.74, 6) is -0.692. The second-order valence-corrected chi connectivity index (χ2v) is 6.65. The molecule has 0 aliphatic rings. The quantitative estimate of drug-likeness (QED) is 0.483. The Balaban J connectivity index is 2.09. The minimum Gasteiger partial charge on any atom is -0.506 e. The number of phenolic OH excluding ortho intramolecular Hbond substituents is 1. The standard InChI is InChI=1S/C21H15ClN2O4/c22-16-8-12(3-4-17(16)25)20-19(27)18(26)15-7-11(9-23)6-14(21(15)28-20)13-2-1-5-24-10-13/h1-8,10,25,27H,9,23H2. The molecular formula is C21H15ClN2O4.